The topological polar surface area (TPSA) is 66.5 Å². The van der Waals surface area contributed by atoms with Gasteiger partial charge in [0.15, 0.2) is 5.78 Å². The van der Waals surface area contributed by atoms with Crippen molar-refractivity contribution < 1.29 is 14.4 Å². The molecule has 6 heteroatoms. The Kier molecular flexibility index (Phi) is 3.93. The summed E-state index contributed by atoms with van der Waals surface area (Å²) in [4.78, 5) is 40.3. The van der Waals surface area contributed by atoms with Crippen molar-refractivity contribution in [2.45, 2.75) is 51.0 Å². The highest BCUT2D eigenvalue weighted by Gasteiger charge is 2.56. The standard InChI is InChI=1S/C22H25ClN2O3/c1-21(16-4-2-3-5-17(16)23)19(27)25(20(28)24-21)12-18(26)22-9-13-6-14(10-22)8-15(7-13)11-22/h2-5,13-15H,6-12H2,1H3,(H,24,28)/t13?,14?,15?,21-,22?/m1/s1. The lowest BCUT2D eigenvalue weighted by Crippen LogP contribution is -2.53. The zero-order valence-corrected chi connectivity index (χ0v) is 16.8. The van der Waals surface area contributed by atoms with E-state index in [1.54, 1.807) is 31.2 Å². The molecular formula is C22H25ClN2O3. The lowest BCUT2D eigenvalue weighted by molar-refractivity contribution is -0.147. The Balaban J connectivity index is 1.39. The number of urea groups is 1. The molecule has 1 saturated heterocycles. The smallest absolute Gasteiger partial charge is 0.319 e. The minimum atomic E-state index is -1.24. The van der Waals surface area contributed by atoms with E-state index < -0.39 is 17.5 Å². The summed E-state index contributed by atoms with van der Waals surface area (Å²) in [5.74, 6) is 1.60. The Hall–Kier alpha value is -1.88. The average Bonchev–Trinajstić information content (AvgIpc) is 2.85. The quantitative estimate of drug-likeness (QED) is 0.779. The van der Waals surface area contributed by atoms with Crippen LogP contribution in [0.25, 0.3) is 0 Å². The summed E-state index contributed by atoms with van der Waals surface area (Å²) in [6.45, 7) is 1.53. The normalized spacial score (nSPS) is 38.8. The molecule has 5 aliphatic rings. The summed E-state index contributed by atoms with van der Waals surface area (Å²) < 4.78 is 0. The Labute approximate surface area is 169 Å². The van der Waals surface area contributed by atoms with Crippen LogP contribution in [-0.2, 0) is 15.1 Å². The molecule has 4 bridgehead atoms. The van der Waals surface area contributed by atoms with Gasteiger partial charge in [0.2, 0.25) is 0 Å². The Morgan fingerprint density at radius 2 is 1.68 bits per heavy atom. The van der Waals surface area contributed by atoms with Crippen LogP contribution in [0.1, 0.15) is 51.0 Å². The first-order valence-electron chi connectivity index (χ1n) is 10.2. The number of hydrogen-bond donors (Lipinski definition) is 1. The Morgan fingerprint density at radius 1 is 1.11 bits per heavy atom. The number of hydrogen-bond acceptors (Lipinski definition) is 3. The van der Waals surface area contributed by atoms with Crippen molar-refractivity contribution in [3.63, 3.8) is 0 Å². The van der Waals surface area contributed by atoms with Gasteiger partial charge in [-0.25, -0.2) is 4.79 Å². The van der Waals surface area contributed by atoms with Gasteiger partial charge in [-0.1, -0.05) is 29.8 Å². The first kappa shape index (κ1) is 18.2. The van der Waals surface area contributed by atoms with E-state index in [-0.39, 0.29) is 17.7 Å². The molecule has 5 fully saturated rings. The highest BCUT2D eigenvalue weighted by molar-refractivity contribution is 6.32. The number of rotatable bonds is 4. The Bertz CT molecular complexity index is 847. The minimum absolute atomic E-state index is 0.0681. The number of ketones is 1. The number of carbonyl (C=O) groups excluding carboxylic acids is 3. The number of nitrogens with zero attached hydrogens (tertiary/aromatic N) is 1. The summed E-state index contributed by atoms with van der Waals surface area (Å²) in [6, 6.07) is 6.50. The van der Waals surface area contributed by atoms with Gasteiger partial charge in [0.1, 0.15) is 5.54 Å². The van der Waals surface area contributed by atoms with E-state index in [1.165, 1.54) is 19.3 Å². The van der Waals surface area contributed by atoms with Gasteiger partial charge in [-0.05, 0) is 69.3 Å². The second-order valence-electron chi connectivity index (χ2n) is 9.55. The second kappa shape index (κ2) is 6.06. The van der Waals surface area contributed by atoms with Crippen molar-refractivity contribution in [3.8, 4) is 0 Å². The van der Waals surface area contributed by atoms with E-state index in [1.807, 2.05) is 0 Å². The van der Waals surface area contributed by atoms with Crippen molar-refractivity contribution in [3.05, 3.63) is 34.9 Å². The maximum atomic E-state index is 13.4. The maximum Gasteiger partial charge on any atom is 0.325 e. The van der Waals surface area contributed by atoms with E-state index in [2.05, 4.69) is 5.32 Å². The average molecular weight is 401 g/mol. The largest absolute Gasteiger partial charge is 0.325 e. The van der Waals surface area contributed by atoms with Gasteiger partial charge in [0, 0.05) is 16.0 Å². The lowest BCUT2D eigenvalue weighted by atomic mass is 9.48. The molecule has 0 spiro atoms. The van der Waals surface area contributed by atoms with Crippen molar-refractivity contribution in [2.75, 3.05) is 6.54 Å². The van der Waals surface area contributed by atoms with Gasteiger partial charge in [-0.2, -0.15) is 0 Å². The number of nitrogens with one attached hydrogen (secondary N) is 1. The van der Waals surface area contributed by atoms with E-state index in [9.17, 15) is 14.4 Å². The second-order valence-corrected chi connectivity index (χ2v) is 9.95. The van der Waals surface area contributed by atoms with Gasteiger partial charge >= 0.3 is 6.03 Å². The molecule has 5 nitrogen and oxygen atoms in total. The molecule has 4 saturated carbocycles. The van der Waals surface area contributed by atoms with E-state index >= 15 is 0 Å². The molecule has 1 aromatic rings. The van der Waals surface area contributed by atoms with Crippen LogP contribution in [-0.4, -0.2) is 29.2 Å². The molecule has 1 aliphatic heterocycles. The molecule has 3 amide bonds. The van der Waals surface area contributed by atoms with E-state index in [0.29, 0.717) is 28.3 Å². The summed E-state index contributed by atoms with van der Waals surface area (Å²) in [7, 11) is 0. The molecule has 1 atom stereocenters. The van der Waals surface area contributed by atoms with Crippen LogP contribution >= 0.6 is 11.6 Å². The van der Waals surface area contributed by atoms with Gasteiger partial charge in [0.25, 0.3) is 5.91 Å². The molecular weight excluding hydrogens is 376 g/mol. The molecule has 148 valence electrons. The molecule has 0 radical (unpaired) electrons. The SMILES string of the molecule is C[C@]1(c2ccccc2Cl)NC(=O)N(CC(=O)C23CC4CC(CC(C4)C2)C3)C1=O. The van der Waals surface area contributed by atoms with Crippen LogP contribution in [0.4, 0.5) is 4.79 Å². The van der Waals surface area contributed by atoms with Crippen LogP contribution in [0, 0.1) is 23.2 Å². The molecule has 0 aromatic heterocycles. The van der Waals surface area contributed by atoms with Crippen LogP contribution in [0.5, 0.6) is 0 Å². The molecule has 4 aliphatic carbocycles. The number of amides is 3. The monoisotopic (exact) mass is 400 g/mol. The zero-order valence-electron chi connectivity index (χ0n) is 16.0. The van der Waals surface area contributed by atoms with E-state index in [4.69, 9.17) is 11.6 Å². The molecule has 1 heterocycles. The predicted octanol–water partition coefficient (Wildman–Crippen LogP) is 3.89. The minimum Gasteiger partial charge on any atom is -0.319 e. The first-order chi connectivity index (χ1) is 13.3. The van der Waals surface area contributed by atoms with Crippen molar-refractivity contribution in [1.29, 1.82) is 0 Å². The predicted molar refractivity (Wildman–Crippen MR) is 105 cm³/mol. The third-order valence-corrected chi connectivity index (χ3v) is 7.95. The summed E-state index contributed by atoms with van der Waals surface area (Å²) in [6.07, 6.45) is 6.55. The van der Waals surface area contributed by atoms with Gasteiger partial charge < -0.3 is 5.32 Å². The van der Waals surface area contributed by atoms with Crippen LogP contribution < -0.4 is 5.32 Å². The van der Waals surface area contributed by atoms with Crippen LogP contribution in [0.15, 0.2) is 24.3 Å². The first-order valence-corrected chi connectivity index (χ1v) is 10.6. The number of benzene rings is 1. The maximum absolute atomic E-state index is 13.4. The molecule has 0 unspecified atom stereocenters. The third-order valence-electron chi connectivity index (χ3n) is 7.62. The highest BCUT2D eigenvalue weighted by Crippen LogP contribution is 2.60. The third kappa shape index (κ3) is 2.55. The summed E-state index contributed by atoms with van der Waals surface area (Å²) >= 11 is 6.28. The lowest BCUT2D eigenvalue weighted by Gasteiger charge is -2.56. The van der Waals surface area contributed by atoms with Gasteiger partial charge in [-0.15, -0.1) is 0 Å². The van der Waals surface area contributed by atoms with Crippen LogP contribution in [0.3, 0.4) is 0 Å². The van der Waals surface area contributed by atoms with E-state index in [0.717, 1.165) is 24.2 Å². The summed E-state index contributed by atoms with van der Waals surface area (Å²) in [5, 5.41) is 3.19. The molecule has 1 aromatic carbocycles. The van der Waals surface area contributed by atoms with Crippen LogP contribution in [0.2, 0.25) is 5.02 Å². The summed E-state index contributed by atoms with van der Waals surface area (Å²) in [5.41, 5.74) is -1.00. The fraction of sp³-hybridized carbons (Fsp3) is 0.591. The van der Waals surface area contributed by atoms with Crippen molar-refractivity contribution >= 4 is 29.3 Å². The number of carbonyl (C=O) groups is 3. The number of halogens is 1. The van der Waals surface area contributed by atoms with Gasteiger partial charge in [0.05, 0.1) is 6.54 Å². The van der Waals surface area contributed by atoms with Gasteiger partial charge in [-0.3, -0.25) is 14.5 Å². The fourth-order valence-electron chi connectivity index (χ4n) is 6.65. The fourth-order valence-corrected chi connectivity index (χ4v) is 6.98. The van der Waals surface area contributed by atoms with Crippen molar-refractivity contribution in [1.82, 2.24) is 10.2 Å². The highest BCUT2D eigenvalue weighted by atomic mass is 35.5. The molecule has 28 heavy (non-hydrogen) atoms. The molecule has 6 rings (SSSR count). The number of Topliss-reactive ketones (excluding diaryl/α,β-unsaturated/α-hetero) is 1. The number of imide groups is 1. The molecule has 1 N–H and O–H groups in total. The van der Waals surface area contributed by atoms with Crippen molar-refractivity contribution in [2.24, 2.45) is 23.2 Å². The zero-order chi connectivity index (χ0) is 19.7. The Morgan fingerprint density at radius 3 is 2.25 bits per heavy atom.